The first-order chi connectivity index (χ1) is 10.4. The summed E-state index contributed by atoms with van der Waals surface area (Å²) in [4.78, 5) is 11.3. The Morgan fingerprint density at radius 2 is 1.77 bits per heavy atom. The summed E-state index contributed by atoms with van der Waals surface area (Å²) in [6.45, 7) is -1.21. The summed E-state index contributed by atoms with van der Waals surface area (Å²) >= 11 is 0. The van der Waals surface area contributed by atoms with Crippen LogP contribution in [-0.4, -0.2) is 58.9 Å². The summed E-state index contributed by atoms with van der Waals surface area (Å²) in [5, 5.41) is 47.7. The number of hydrogen-bond donors (Lipinski definition) is 5. The molecule has 5 N–H and O–H groups in total. The summed E-state index contributed by atoms with van der Waals surface area (Å²) in [5.74, 6) is -4.05. The maximum Gasteiger partial charge on any atom is 0.309 e. The SMILES string of the molecule is COc1cc([C@@H](O)[C@@H](C(=O)O)C(CO)CO)cc(O)c1OC. The zero-order valence-corrected chi connectivity index (χ0v) is 12.3. The number of methoxy groups -OCH3 is 2. The molecule has 0 aromatic heterocycles. The summed E-state index contributed by atoms with van der Waals surface area (Å²) in [5.41, 5.74) is 0.0643. The van der Waals surface area contributed by atoms with Gasteiger partial charge in [-0.3, -0.25) is 4.79 Å². The van der Waals surface area contributed by atoms with E-state index in [1.165, 1.54) is 20.3 Å². The second kappa shape index (κ2) is 7.83. The minimum absolute atomic E-state index is 0.0474. The van der Waals surface area contributed by atoms with Crippen LogP contribution in [0.2, 0.25) is 0 Å². The van der Waals surface area contributed by atoms with Crippen LogP contribution < -0.4 is 9.47 Å². The molecule has 8 nitrogen and oxygen atoms in total. The highest BCUT2D eigenvalue weighted by Gasteiger charge is 2.35. The molecule has 0 amide bonds. The van der Waals surface area contributed by atoms with Crippen LogP contribution >= 0.6 is 0 Å². The normalized spacial score (nSPS) is 13.7. The van der Waals surface area contributed by atoms with Gasteiger partial charge in [0.2, 0.25) is 5.75 Å². The second-order valence-corrected chi connectivity index (χ2v) is 4.71. The molecule has 0 fully saturated rings. The lowest BCUT2D eigenvalue weighted by molar-refractivity contribution is -0.151. The number of hydrogen-bond acceptors (Lipinski definition) is 7. The summed E-state index contributed by atoms with van der Waals surface area (Å²) in [6.07, 6.45) is -1.56. The van der Waals surface area contributed by atoms with Gasteiger partial charge in [-0.05, 0) is 17.7 Å². The van der Waals surface area contributed by atoms with Gasteiger partial charge in [0, 0.05) is 19.1 Å². The first-order valence-electron chi connectivity index (χ1n) is 6.48. The van der Waals surface area contributed by atoms with Crippen LogP contribution in [0.5, 0.6) is 17.2 Å². The van der Waals surface area contributed by atoms with Crippen molar-refractivity contribution in [2.75, 3.05) is 27.4 Å². The van der Waals surface area contributed by atoms with Crippen LogP contribution in [0.25, 0.3) is 0 Å². The molecule has 22 heavy (non-hydrogen) atoms. The topological polar surface area (TPSA) is 137 Å². The molecule has 0 heterocycles. The average molecular weight is 316 g/mol. The van der Waals surface area contributed by atoms with E-state index in [1.807, 2.05) is 0 Å². The van der Waals surface area contributed by atoms with Crippen LogP contribution in [0, 0.1) is 11.8 Å². The van der Waals surface area contributed by atoms with Crippen molar-refractivity contribution < 1.29 is 39.8 Å². The van der Waals surface area contributed by atoms with Crippen LogP contribution in [0.15, 0.2) is 12.1 Å². The molecule has 1 aromatic rings. The van der Waals surface area contributed by atoms with E-state index in [-0.39, 0.29) is 22.8 Å². The van der Waals surface area contributed by atoms with E-state index in [2.05, 4.69) is 0 Å². The van der Waals surface area contributed by atoms with Crippen molar-refractivity contribution in [2.24, 2.45) is 11.8 Å². The maximum absolute atomic E-state index is 11.3. The molecule has 0 spiro atoms. The Balaban J connectivity index is 3.27. The Kier molecular flexibility index (Phi) is 6.41. The quantitative estimate of drug-likeness (QED) is 0.442. The third-order valence-corrected chi connectivity index (χ3v) is 3.43. The highest BCUT2D eigenvalue weighted by molar-refractivity contribution is 5.71. The Labute approximate surface area is 127 Å². The molecule has 0 saturated carbocycles. The number of carboxylic acids is 1. The number of phenols is 1. The zero-order valence-electron chi connectivity index (χ0n) is 12.3. The predicted octanol–water partition coefficient (Wildman–Crippen LogP) is -0.256. The van der Waals surface area contributed by atoms with E-state index >= 15 is 0 Å². The molecule has 8 heteroatoms. The van der Waals surface area contributed by atoms with Gasteiger partial charge in [0.05, 0.1) is 26.2 Å². The van der Waals surface area contributed by atoms with Gasteiger partial charge in [-0.25, -0.2) is 0 Å². The average Bonchev–Trinajstić information content (AvgIpc) is 2.50. The van der Waals surface area contributed by atoms with Crippen LogP contribution in [0.4, 0.5) is 0 Å². The number of aliphatic hydroxyl groups excluding tert-OH is 3. The van der Waals surface area contributed by atoms with Crippen molar-refractivity contribution in [1.29, 1.82) is 0 Å². The minimum Gasteiger partial charge on any atom is -0.504 e. The van der Waals surface area contributed by atoms with Gasteiger partial charge < -0.3 is 35.0 Å². The fourth-order valence-corrected chi connectivity index (χ4v) is 2.22. The number of carboxylic acid groups (broad SMARTS) is 1. The van der Waals surface area contributed by atoms with Crippen LogP contribution in [0.3, 0.4) is 0 Å². The molecule has 0 unspecified atom stereocenters. The number of aromatic hydroxyl groups is 1. The molecule has 0 aliphatic carbocycles. The molecule has 2 atom stereocenters. The number of rotatable bonds is 8. The number of ether oxygens (including phenoxy) is 2. The van der Waals surface area contributed by atoms with E-state index in [4.69, 9.17) is 19.7 Å². The lowest BCUT2D eigenvalue weighted by atomic mass is 9.85. The van der Waals surface area contributed by atoms with Crippen molar-refractivity contribution >= 4 is 5.97 Å². The summed E-state index contributed by atoms with van der Waals surface area (Å²) in [6, 6.07) is 2.47. The Bertz CT molecular complexity index is 512. The standard InChI is InChI=1S/C14H20O8/c1-21-10-4-7(3-9(17)13(10)22-2)12(18)11(14(19)20)8(5-15)6-16/h3-4,8,11-12,15-18H,5-6H2,1-2H3,(H,19,20)/t11-,12+/m0/s1. The number of carbonyl (C=O) groups is 1. The van der Waals surface area contributed by atoms with Gasteiger partial charge in [0.1, 0.15) is 0 Å². The van der Waals surface area contributed by atoms with Gasteiger partial charge in [0.15, 0.2) is 11.5 Å². The number of phenolic OH excluding ortho intramolecular Hbond substituents is 1. The van der Waals surface area contributed by atoms with Gasteiger partial charge >= 0.3 is 5.97 Å². The molecule has 0 aliphatic rings. The molecule has 0 saturated heterocycles. The van der Waals surface area contributed by atoms with Crippen molar-refractivity contribution in [3.8, 4) is 17.2 Å². The number of benzene rings is 1. The van der Waals surface area contributed by atoms with Crippen molar-refractivity contribution in [3.63, 3.8) is 0 Å². The minimum atomic E-state index is -1.56. The van der Waals surface area contributed by atoms with Crippen molar-refractivity contribution in [2.45, 2.75) is 6.10 Å². The van der Waals surface area contributed by atoms with Gasteiger partial charge in [0.25, 0.3) is 0 Å². The maximum atomic E-state index is 11.3. The van der Waals surface area contributed by atoms with E-state index in [9.17, 15) is 20.1 Å². The molecule has 1 rings (SSSR count). The Morgan fingerprint density at radius 3 is 2.18 bits per heavy atom. The first kappa shape index (κ1) is 18.0. The highest BCUT2D eigenvalue weighted by atomic mass is 16.5. The summed E-state index contributed by atoms with van der Waals surface area (Å²) in [7, 11) is 2.65. The summed E-state index contributed by atoms with van der Waals surface area (Å²) < 4.78 is 9.97. The molecule has 0 aliphatic heterocycles. The second-order valence-electron chi connectivity index (χ2n) is 4.71. The highest BCUT2D eigenvalue weighted by Crippen LogP contribution is 2.41. The van der Waals surface area contributed by atoms with Crippen molar-refractivity contribution in [1.82, 2.24) is 0 Å². The van der Waals surface area contributed by atoms with E-state index in [0.29, 0.717) is 0 Å². The Morgan fingerprint density at radius 1 is 1.18 bits per heavy atom. The fraction of sp³-hybridized carbons (Fsp3) is 0.500. The van der Waals surface area contributed by atoms with Crippen LogP contribution in [0.1, 0.15) is 11.7 Å². The first-order valence-corrected chi connectivity index (χ1v) is 6.48. The van der Waals surface area contributed by atoms with E-state index in [1.54, 1.807) is 0 Å². The molecule has 124 valence electrons. The number of aliphatic hydroxyl groups is 3. The van der Waals surface area contributed by atoms with E-state index < -0.39 is 37.1 Å². The van der Waals surface area contributed by atoms with Gasteiger partial charge in [-0.15, -0.1) is 0 Å². The molecule has 1 aromatic carbocycles. The van der Waals surface area contributed by atoms with Gasteiger partial charge in [-0.2, -0.15) is 0 Å². The van der Waals surface area contributed by atoms with Crippen LogP contribution in [-0.2, 0) is 4.79 Å². The van der Waals surface area contributed by atoms with E-state index in [0.717, 1.165) is 6.07 Å². The third kappa shape index (κ3) is 3.59. The number of aliphatic carboxylic acids is 1. The lowest BCUT2D eigenvalue weighted by Gasteiger charge is -2.26. The molecule has 0 bridgehead atoms. The Hall–Kier alpha value is -2.03. The zero-order chi connectivity index (χ0) is 16.9. The molecular weight excluding hydrogens is 296 g/mol. The third-order valence-electron chi connectivity index (χ3n) is 3.43. The molecular formula is C14H20O8. The lowest BCUT2D eigenvalue weighted by Crippen LogP contribution is -2.34. The smallest absolute Gasteiger partial charge is 0.309 e. The monoisotopic (exact) mass is 316 g/mol. The van der Waals surface area contributed by atoms with Crippen molar-refractivity contribution in [3.05, 3.63) is 17.7 Å². The largest absolute Gasteiger partial charge is 0.504 e. The fourth-order valence-electron chi connectivity index (χ4n) is 2.22. The predicted molar refractivity (Wildman–Crippen MR) is 75.0 cm³/mol. The van der Waals surface area contributed by atoms with Gasteiger partial charge in [-0.1, -0.05) is 0 Å². The molecule has 0 radical (unpaired) electrons.